The molecule has 0 saturated carbocycles. The van der Waals surface area contributed by atoms with Gasteiger partial charge in [-0.2, -0.15) is 0 Å². The van der Waals surface area contributed by atoms with Crippen molar-refractivity contribution in [1.29, 1.82) is 0 Å². The minimum absolute atomic E-state index is 0.809. The molecule has 0 unspecified atom stereocenters. The van der Waals surface area contributed by atoms with E-state index in [-0.39, 0.29) is 0 Å². The largest absolute Gasteiger partial charge is 0.369 e. The summed E-state index contributed by atoms with van der Waals surface area (Å²) in [5, 5.41) is 9.04. The molecule has 1 aliphatic rings. The van der Waals surface area contributed by atoms with Crippen molar-refractivity contribution >= 4 is 44.8 Å². The van der Waals surface area contributed by atoms with Gasteiger partial charge in [0.25, 0.3) is 0 Å². The van der Waals surface area contributed by atoms with Gasteiger partial charge in [0.05, 0.1) is 11.0 Å². The second-order valence-electron chi connectivity index (χ2n) is 10.6. The second kappa shape index (κ2) is 11.8. The van der Waals surface area contributed by atoms with Crippen molar-refractivity contribution in [3.63, 3.8) is 0 Å². The van der Waals surface area contributed by atoms with Gasteiger partial charge in [0.15, 0.2) is 0 Å². The molecule has 2 aromatic carbocycles. The van der Waals surface area contributed by atoms with Gasteiger partial charge >= 0.3 is 0 Å². The van der Waals surface area contributed by atoms with E-state index in [9.17, 15) is 0 Å². The van der Waals surface area contributed by atoms with E-state index in [2.05, 4.69) is 98.9 Å². The number of H-pyrrole nitrogens is 2. The molecule has 7 rings (SSSR count). The lowest BCUT2D eigenvalue weighted by atomic mass is 10.1. The number of hydrogen-bond donors (Lipinski definition) is 4. The summed E-state index contributed by atoms with van der Waals surface area (Å²) in [6, 6.07) is 21.3. The summed E-state index contributed by atoms with van der Waals surface area (Å²) >= 11 is 0. The molecule has 0 atom stereocenters. The van der Waals surface area contributed by atoms with E-state index in [4.69, 9.17) is 0 Å². The lowest BCUT2D eigenvalue weighted by molar-refractivity contribution is 0.654. The first-order valence-electron chi connectivity index (χ1n) is 14.5. The maximum Gasteiger partial charge on any atom is 0.137 e. The van der Waals surface area contributed by atoms with Gasteiger partial charge < -0.3 is 30.4 Å². The average Bonchev–Trinajstić information content (AvgIpc) is 3.76. The van der Waals surface area contributed by atoms with Gasteiger partial charge in [-0.3, -0.25) is 0 Å². The minimum Gasteiger partial charge on any atom is -0.369 e. The van der Waals surface area contributed by atoms with Gasteiger partial charge in [0.1, 0.15) is 24.3 Å². The van der Waals surface area contributed by atoms with Crippen LogP contribution in [0.2, 0.25) is 0 Å². The predicted octanol–water partition coefficient (Wildman–Crippen LogP) is 4.87. The molecule has 42 heavy (non-hydrogen) atoms. The molecule has 6 aromatic rings. The Balaban J connectivity index is 0.983. The van der Waals surface area contributed by atoms with Crippen LogP contribution in [0.1, 0.15) is 11.4 Å². The molecule has 0 amide bonds. The number of anilines is 4. The van der Waals surface area contributed by atoms with Gasteiger partial charge in [-0.1, -0.05) is 0 Å². The maximum atomic E-state index is 4.57. The molecule has 1 aliphatic heterocycles. The van der Waals surface area contributed by atoms with Crippen LogP contribution in [-0.2, 0) is 12.8 Å². The fourth-order valence-corrected chi connectivity index (χ4v) is 5.67. The van der Waals surface area contributed by atoms with Crippen molar-refractivity contribution in [2.75, 3.05) is 59.7 Å². The summed E-state index contributed by atoms with van der Waals surface area (Å²) in [5.41, 5.74) is 6.72. The topological polar surface area (TPSA) is 114 Å². The molecule has 0 radical (unpaired) electrons. The Labute approximate surface area is 244 Å². The normalized spacial score (nSPS) is 13.6. The van der Waals surface area contributed by atoms with Crippen molar-refractivity contribution in [2.45, 2.75) is 12.8 Å². The van der Waals surface area contributed by atoms with Gasteiger partial charge in [-0.15, -0.1) is 0 Å². The first-order chi connectivity index (χ1) is 20.8. The molecule has 212 valence electrons. The quantitative estimate of drug-likeness (QED) is 0.188. The van der Waals surface area contributed by atoms with Gasteiger partial charge in [-0.25, -0.2) is 19.9 Å². The highest BCUT2D eigenvalue weighted by molar-refractivity contribution is 5.92. The Morgan fingerprint density at radius 1 is 0.595 bits per heavy atom. The van der Waals surface area contributed by atoms with Crippen LogP contribution in [0, 0.1) is 0 Å². The van der Waals surface area contributed by atoms with Crippen molar-refractivity contribution in [3.05, 3.63) is 97.1 Å². The predicted molar refractivity (Wildman–Crippen MR) is 169 cm³/mol. The van der Waals surface area contributed by atoms with Crippen LogP contribution < -0.4 is 20.4 Å². The SMILES string of the molecule is c1c[nH]c(CCNc2ncnc3cc(N4CCN(c5ccc6c(NCCc7ccc[nH]7)ncnc6c5)CC4)ccc23)c1. The van der Waals surface area contributed by atoms with Crippen LogP contribution in [0.3, 0.4) is 0 Å². The summed E-state index contributed by atoms with van der Waals surface area (Å²) < 4.78 is 0. The second-order valence-corrected chi connectivity index (χ2v) is 10.6. The number of hydrogen-bond acceptors (Lipinski definition) is 8. The Morgan fingerprint density at radius 3 is 1.50 bits per heavy atom. The van der Waals surface area contributed by atoms with Crippen LogP contribution in [0.5, 0.6) is 0 Å². The summed E-state index contributed by atoms with van der Waals surface area (Å²) in [5.74, 6) is 1.75. The Kier molecular flexibility index (Phi) is 7.24. The molecule has 1 fully saturated rings. The van der Waals surface area contributed by atoms with Gasteiger partial charge in [0.2, 0.25) is 0 Å². The highest BCUT2D eigenvalue weighted by Gasteiger charge is 2.19. The highest BCUT2D eigenvalue weighted by atomic mass is 15.3. The standard InChI is InChI=1S/C32H34N10/c1-3-23(33-11-1)9-13-35-31-27-7-5-25(19-29(27)37-21-39-31)41-15-17-42(18-16-41)26-6-8-28-30(20-26)38-22-40-32(28)36-14-10-24-4-2-12-34-24/h1-8,11-12,19-22,33-34H,9-10,13-18H2,(H,35,37,39)(H,36,38,40). The number of nitrogens with one attached hydrogen (secondary N) is 4. The van der Waals surface area contributed by atoms with Crippen LogP contribution in [0.15, 0.2) is 85.7 Å². The molecule has 10 heteroatoms. The summed E-state index contributed by atoms with van der Waals surface area (Å²) in [6.45, 7) is 5.36. The van der Waals surface area contributed by atoms with E-state index in [1.54, 1.807) is 12.7 Å². The van der Waals surface area contributed by atoms with Crippen molar-refractivity contribution in [1.82, 2.24) is 29.9 Å². The van der Waals surface area contributed by atoms with Crippen LogP contribution >= 0.6 is 0 Å². The molecule has 10 nitrogen and oxygen atoms in total. The molecule has 0 spiro atoms. The Morgan fingerprint density at radius 2 is 1.07 bits per heavy atom. The molecule has 0 bridgehead atoms. The molecule has 5 heterocycles. The van der Waals surface area contributed by atoms with E-state index >= 15 is 0 Å². The first kappa shape index (κ1) is 25.8. The van der Waals surface area contributed by atoms with Crippen LogP contribution in [0.4, 0.5) is 23.0 Å². The lowest BCUT2D eigenvalue weighted by Gasteiger charge is -2.37. The zero-order chi connectivity index (χ0) is 28.1. The summed E-state index contributed by atoms with van der Waals surface area (Å²) in [6.07, 6.45) is 9.03. The summed E-state index contributed by atoms with van der Waals surface area (Å²) in [4.78, 5) is 29.5. The van der Waals surface area contributed by atoms with Crippen LogP contribution in [-0.4, -0.2) is 69.2 Å². The van der Waals surface area contributed by atoms with E-state index in [0.717, 1.165) is 85.6 Å². The third-order valence-corrected chi connectivity index (χ3v) is 7.95. The zero-order valence-corrected chi connectivity index (χ0v) is 23.4. The smallest absolute Gasteiger partial charge is 0.137 e. The minimum atomic E-state index is 0.809. The van der Waals surface area contributed by atoms with E-state index < -0.39 is 0 Å². The highest BCUT2D eigenvalue weighted by Crippen LogP contribution is 2.28. The molecule has 1 saturated heterocycles. The average molecular weight is 559 g/mol. The van der Waals surface area contributed by atoms with E-state index in [1.165, 1.54) is 22.8 Å². The number of aromatic amines is 2. The number of benzene rings is 2. The molecular formula is C32H34N10. The number of aromatic nitrogens is 6. The van der Waals surface area contributed by atoms with Crippen molar-refractivity contribution in [2.24, 2.45) is 0 Å². The number of fused-ring (bicyclic) bond motifs is 2. The zero-order valence-electron chi connectivity index (χ0n) is 23.4. The maximum absolute atomic E-state index is 4.57. The number of nitrogens with zero attached hydrogens (tertiary/aromatic N) is 6. The summed E-state index contributed by atoms with van der Waals surface area (Å²) in [7, 11) is 0. The monoisotopic (exact) mass is 558 g/mol. The van der Waals surface area contributed by atoms with Crippen LogP contribution in [0.25, 0.3) is 21.8 Å². The number of rotatable bonds is 10. The Bertz CT molecular complexity index is 1620. The van der Waals surface area contributed by atoms with Crippen molar-refractivity contribution in [3.8, 4) is 0 Å². The van der Waals surface area contributed by atoms with E-state index in [0.29, 0.717) is 0 Å². The first-order valence-corrected chi connectivity index (χ1v) is 14.5. The lowest BCUT2D eigenvalue weighted by Crippen LogP contribution is -2.46. The molecule has 4 aromatic heterocycles. The fourth-order valence-electron chi connectivity index (χ4n) is 5.67. The van der Waals surface area contributed by atoms with Gasteiger partial charge in [0, 0.05) is 98.0 Å². The Hall–Kier alpha value is -5.12. The molecular weight excluding hydrogens is 524 g/mol. The third-order valence-electron chi connectivity index (χ3n) is 7.95. The van der Waals surface area contributed by atoms with Gasteiger partial charge in [-0.05, 0) is 60.7 Å². The molecule has 4 N–H and O–H groups in total. The third kappa shape index (κ3) is 5.56. The number of piperazine rings is 1. The van der Waals surface area contributed by atoms with E-state index in [1.807, 2.05) is 24.5 Å². The molecule has 0 aliphatic carbocycles. The van der Waals surface area contributed by atoms with Crippen molar-refractivity contribution < 1.29 is 0 Å². The fraction of sp³-hybridized carbons (Fsp3) is 0.250.